The quantitative estimate of drug-likeness (QED) is 0.609. The summed E-state index contributed by atoms with van der Waals surface area (Å²) in [5.41, 5.74) is 13.4. The number of rotatable bonds is 2. The van der Waals surface area contributed by atoms with Crippen molar-refractivity contribution in [3.8, 4) is 0 Å². The summed E-state index contributed by atoms with van der Waals surface area (Å²) in [7, 11) is 0. The van der Waals surface area contributed by atoms with Gasteiger partial charge in [-0.15, -0.1) is 0 Å². The predicted octanol–water partition coefficient (Wildman–Crippen LogP) is 4.84. The lowest BCUT2D eigenvalue weighted by Gasteiger charge is -2.22. The molecule has 0 saturated heterocycles. The minimum atomic E-state index is -1.33. The van der Waals surface area contributed by atoms with Gasteiger partial charge in [0.15, 0.2) is 4.33 Å². The first-order chi connectivity index (χ1) is 8.82. The third kappa shape index (κ3) is 2.87. The van der Waals surface area contributed by atoms with Crippen molar-refractivity contribution in [3.63, 3.8) is 0 Å². The lowest BCUT2D eigenvalue weighted by Crippen LogP contribution is -2.13. The van der Waals surface area contributed by atoms with Crippen LogP contribution >= 0.6 is 46.4 Å². The molecule has 0 amide bonds. The Morgan fingerprint density at radius 2 is 1.42 bits per heavy atom. The maximum Gasteiger partial charge on any atom is 0.169 e. The Hall–Kier alpha value is -0.800. The third-order valence-corrected chi connectivity index (χ3v) is 4.18. The molecule has 2 aromatic rings. The molecule has 0 spiro atoms. The van der Waals surface area contributed by atoms with E-state index in [2.05, 4.69) is 0 Å². The zero-order valence-corrected chi connectivity index (χ0v) is 12.7. The van der Waals surface area contributed by atoms with Crippen LogP contribution in [0.1, 0.15) is 11.1 Å². The molecule has 0 saturated carbocycles. The summed E-state index contributed by atoms with van der Waals surface area (Å²) in [6.07, 6.45) is 0. The molecule has 0 bridgehead atoms. The van der Waals surface area contributed by atoms with Gasteiger partial charge in [0.25, 0.3) is 0 Å². The second kappa shape index (κ2) is 5.29. The van der Waals surface area contributed by atoms with Crippen LogP contribution in [-0.4, -0.2) is 0 Å². The molecule has 2 aromatic carbocycles. The highest BCUT2D eigenvalue weighted by Gasteiger charge is 2.32. The number of anilines is 2. The van der Waals surface area contributed by atoms with E-state index in [-0.39, 0.29) is 0 Å². The highest BCUT2D eigenvalue weighted by atomic mass is 35.5. The van der Waals surface area contributed by atoms with Gasteiger partial charge in [0, 0.05) is 16.3 Å². The van der Waals surface area contributed by atoms with E-state index in [1.54, 1.807) is 30.3 Å². The van der Waals surface area contributed by atoms with Crippen molar-refractivity contribution in [1.29, 1.82) is 0 Å². The zero-order valence-electron chi connectivity index (χ0n) is 9.63. The molecule has 4 N–H and O–H groups in total. The van der Waals surface area contributed by atoms with Gasteiger partial charge in [0.1, 0.15) is 0 Å². The summed E-state index contributed by atoms with van der Waals surface area (Å²) < 4.78 is -1.33. The normalized spacial score (nSPS) is 11.6. The van der Waals surface area contributed by atoms with Crippen LogP contribution < -0.4 is 11.5 Å². The van der Waals surface area contributed by atoms with Gasteiger partial charge >= 0.3 is 0 Å². The van der Waals surface area contributed by atoms with E-state index in [1.807, 2.05) is 0 Å². The number of hydrogen-bond donors (Lipinski definition) is 2. The van der Waals surface area contributed by atoms with E-state index >= 15 is 0 Å². The highest BCUT2D eigenvalue weighted by Crippen LogP contribution is 2.45. The van der Waals surface area contributed by atoms with Crippen molar-refractivity contribution in [2.24, 2.45) is 0 Å². The molecule has 6 heteroatoms. The summed E-state index contributed by atoms with van der Waals surface area (Å²) in [4.78, 5) is 0. The topological polar surface area (TPSA) is 52.0 Å². The maximum absolute atomic E-state index is 6.41. The molecule has 0 heterocycles. The second-order valence-electron chi connectivity index (χ2n) is 4.05. The average Bonchev–Trinajstić information content (AvgIpc) is 2.34. The van der Waals surface area contributed by atoms with Gasteiger partial charge in [-0.3, -0.25) is 0 Å². The molecular weight excluding hydrogens is 326 g/mol. The number of benzene rings is 2. The zero-order chi connectivity index (χ0) is 14.2. The smallest absolute Gasteiger partial charge is 0.169 e. The number of alkyl halides is 2. The Morgan fingerprint density at radius 3 is 2.00 bits per heavy atom. The first kappa shape index (κ1) is 14.6. The summed E-state index contributed by atoms with van der Waals surface area (Å²) >= 11 is 24.9. The monoisotopic (exact) mass is 334 g/mol. The van der Waals surface area contributed by atoms with Gasteiger partial charge in [-0.25, -0.2) is 0 Å². The van der Waals surface area contributed by atoms with Crippen LogP contribution in [0.2, 0.25) is 10.0 Å². The van der Waals surface area contributed by atoms with Crippen LogP contribution in [0.25, 0.3) is 0 Å². The van der Waals surface area contributed by atoms with E-state index in [1.165, 1.54) is 6.07 Å². The first-order valence-corrected chi connectivity index (χ1v) is 6.82. The van der Waals surface area contributed by atoms with Gasteiger partial charge in [0.2, 0.25) is 0 Å². The van der Waals surface area contributed by atoms with Gasteiger partial charge in [0.05, 0.1) is 10.7 Å². The molecule has 2 nitrogen and oxygen atoms in total. The maximum atomic E-state index is 6.41. The van der Waals surface area contributed by atoms with Gasteiger partial charge in [-0.05, 0) is 29.8 Å². The Morgan fingerprint density at radius 1 is 0.842 bits per heavy atom. The number of nitrogens with two attached hydrogens (primary N) is 2. The largest absolute Gasteiger partial charge is 0.399 e. The van der Waals surface area contributed by atoms with E-state index in [4.69, 9.17) is 57.9 Å². The van der Waals surface area contributed by atoms with Gasteiger partial charge < -0.3 is 11.5 Å². The highest BCUT2D eigenvalue weighted by molar-refractivity contribution is 6.51. The Balaban J connectivity index is 2.55. The Bertz CT molecular complexity index is 609. The summed E-state index contributed by atoms with van der Waals surface area (Å²) in [5.74, 6) is 0. The number of hydrogen-bond acceptors (Lipinski definition) is 2. The molecular formula is C13H10Cl4N2. The molecule has 100 valence electrons. The summed E-state index contributed by atoms with van der Waals surface area (Å²) in [5, 5.41) is 0.698. The van der Waals surface area contributed by atoms with Crippen molar-refractivity contribution in [3.05, 3.63) is 57.6 Å². The van der Waals surface area contributed by atoms with Crippen molar-refractivity contribution in [2.75, 3.05) is 11.5 Å². The molecule has 0 aliphatic carbocycles. The number of halogens is 4. The van der Waals surface area contributed by atoms with Crippen LogP contribution in [0.3, 0.4) is 0 Å². The van der Waals surface area contributed by atoms with Crippen molar-refractivity contribution in [2.45, 2.75) is 4.33 Å². The first-order valence-electron chi connectivity index (χ1n) is 5.31. The molecule has 0 fully saturated rings. The van der Waals surface area contributed by atoms with E-state index < -0.39 is 4.33 Å². The minimum absolute atomic E-state index is 0.348. The fourth-order valence-electron chi connectivity index (χ4n) is 1.65. The van der Waals surface area contributed by atoms with Gasteiger partial charge in [-0.1, -0.05) is 58.5 Å². The predicted molar refractivity (Wildman–Crippen MR) is 84.2 cm³/mol. The lowest BCUT2D eigenvalue weighted by atomic mass is 10.0. The van der Waals surface area contributed by atoms with Crippen molar-refractivity contribution >= 4 is 57.8 Å². The van der Waals surface area contributed by atoms with E-state index in [0.717, 1.165) is 0 Å². The molecule has 2 rings (SSSR count). The molecule has 0 atom stereocenters. The Labute approximate surface area is 131 Å². The average molecular weight is 336 g/mol. The number of nitrogen functional groups attached to an aromatic ring is 2. The minimum Gasteiger partial charge on any atom is -0.399 e. The molecule has 0 aliphatic heterocycles. The second-order valence-corrected chi connectivity index (χ2v) is 6.19. The fraction of sp³-hybridized carbons (Fsp3) is 0.0769. The Kier molecular flexibility index (Phi) is 4.07. The summed E-state index contributed by atoms with van der Waals surface area (Å²) in [6.45, 7) is 0. The van der Waals surface area contributed by atoms with Crippen LogP contribution in [0.4, 0.5) is 11.4 Å². The molecule has 0 unspecified atom stereocenters. The SMILES string of the molecule is Nc1ccc(C(Cl)(Cl)c2cc(Cl)c(N)cc2Cl)cc1. The van der Waals surface area contributed by atoms with Crippen molar-refractivity contribution in [1.82, 2.24) is 0 Å². The van der Waals surface area contributed by atoms with Crippen LogP contribution in [0.5, 0.6) is 0 Å². The molecule has 19 heavy (non-hydrogen) atoms. The summed E-state index contributed by atoms with van der Waals surface area (Å²) in [6, 6.07) is 9.97. The molecule has 0 radical (unpaired) electrons. The standard InChI is InChI=1S/C13H10Cl4N2/c14-10-6-12(19)11(15)5-9(10)13(16,17)7-1-3-8(18)4-2-7/h1-6H,18-19H2. The van der Waals surface area contributed by atoms with Crippen LogP contribution in [-0.2, 0) is 4.33 Å². The fourth-order valence-corrected chi connectivity index (χ4v) is 2.79. The third-order valence-electron chi connectivity index (χ3n) is 2.70. The van der Waals surface area contributed by atoms with Crippen molar-refractivity contribution < 1.29 is 0 Å². The van der Waals surface area contributed by atoms with E-state index in [0.29, 0.717) is 32.5 Å². The lowest BCUT2D eigenvalue weighted by molar-refractivity contribution is 1.04. The van der Waals surface area contributed by atoms with Crippen LogP contribution in [0.15, 0.2) is 36.4 Å². The van der Waals surface area contributed by atoms with Gasteiger partial charge in [-0.2, -0.15) is 0 Å². The molecule has 0 aromatic heterocycles. The molecule has 0 aliphatic rings. The van der Waals surface area contributed by atoms with Crippen LogP contribution in [0, 0.1) is 0 Å². The van der Waals surface area contributed by atoms with E-state index in [9.17, 15) is 0 Å².